The maximum atomic E-state index is 6.34. The van der Waals surface area contributed by atoms with E-state index < -0.39 is 0 Å². The molecule has 0 aliphatic heterocycles. The number of benzene rings is 2. The van der Waals surface area contributed by atoms with Crippen LogP contribution in [0.15, 0.2) is 48.5 Å². The van der Waals surface area contributed by atoms with Gasteiger partial charge in [-0.05, 0) is 63.8 Å². The van der Waals surface area contributed by atoms with E-state index in [1.807, 2.05) is 39.0 Å². The van der Waals surface area contributed by atoms with Crippen molar-refractivity contribution in [1.29, 1.82) is 0 Å². The molecule has 0 saturated carbocycles. The van der Waals surface area contributed by atoms with Gasteiger partial charge in [0.05, 0.1) is 17.2 Å². The van der Waals surface area contributed by atoms with Gasteiger partial charge in [-0.3, -0.25) is 0 Å². The highest BCUT2D eigenvalue weighted by Gasteiger charge is 2.19. The number of hydrogen-bond acceptors (Lipinski definition) is 3. The zero-order valence-electron chi connectivity index (χ0n) is 16.3. The van der Waals surface area contributed by atoms with E-state index in [1.165, 1.54) is 5.56 Å². The molecule has 5 heteroatoms. The molecule has 2 atom stereocenters. The second-order valence-electron chi connectivity index (χ2n) is 7.77. The largest absolute Gasteiger partial charge is 0.486 e. The summed E-state index contributed by atoms with van der Waals surface area (Å²) in [7, 11) is 0. The fourth-order valence-corrected chi connectivity index (χ4v) is 3.14. The van der Waals surface area contributed by atoms with Crippen LogP contribution in [-0.4, -0.2) is 24.4 Å². The predicted octanol–water partition coefficient (Wildman–Crippen LogP) is 5.91. The molecule has 0 heterocycles. The van der Waals surface area contributed by atoms with E-state index >= 15 is 0 Å². The van der Waals surface area contributed by atoms with E-state index in [9.17, 15) is 0 Å². The van der Waals surface area contributed by atoms with Gasteiger partial charge in [-0.15, -0.1) is 0 Å². The second-order valence-corrected chi connectivity index (χ2v) is 8.61. The summed E-state index contributed by atoms with van der Waals surface area (Å²) in [5, 5.41) is 1.08. The Morgan fingerprint density at radius 1 is 1.00 bits per heavy atom. The topological polar surface area (TPSA) is 44.5 Å². The van der Waals surface area contributed by atoms with Crippen molar-refractivity contribution < 1.29 is 9.47 Å². The number of rotatable bonds is 9. The minimum absolute atomic E-state index is 0.0637. The van der Waals surface area contributed by atoms with E-state index in [1.54, 1.807) is 18.2 Å². The standard InChI is InChI=1S/C22H29Cl2NO2/c1-22(2,3)26-15-19(27-21-12-9-17(23)14-20(21)24)11-10-18(25)13-16-7-5-4-6-8-16/h4-9,12,14,18-19H,10-11,13,15,25H2,1-3H3. The SMILES string of the molecule is CC(C)(C)OCC(CCC(N)Cc1ccccc1)Oc1ccc(Cl)cc1Cl. The van der Waals surface area contributed by atoms with Gasteiger partial charge in [-0.2, -0.15) is 0 Å². The summed E-state index contributed by atoms with van der Waals surface area (Å²) in [4.78, 5) is 0. The van der Waals surface area contributed by atoms with E-state index in [-0.39, 0.29) is 17.7 Å². The predicted molar refractivity (Wildman–Crippen MR) is 114 cm³/mol. The molecule has 2 aromatic rings. The van der Waals surface area contributed by atoms with E-state index in [4.69, 9.17) is 38.4 Å². The molecule has 0 saturated heterocycles. The fraction of sp³-hybridized carbons (Fsp3) is 0.455. The Morgan fingerprint density at radius 2 is 1.70 bits per heavy atom. The Labute approximate surface area is 172 Å². The molecular formula is C22H29Cl2NO2. The van der Waals surface area contributed by atoms with Gasteiger partial charge in [0.1, 0.15) is 11.9 Å². The first kappa shape index (κ1) is 22.0. The maximum absolute atomic E-state index is 6.34. The molecular weight excluding hydrogens is 381 g/mol. The summed E-state index contributed by atoms with van der Waals surface area (Å²) >= 11 is 12.2. The van der Waals surface area contributed by atoms with Gasteiger partial charge in [-0.1, -0.05) is 53.5 Å². The highest BCUT2D eigenvalue weighted by Crippen LogP contribution is 2.29. The Bertz CT molecular complexity index is 701. The van der Waals surface area contributed by atoms with Crippen LogP contribution < -0.4 is 10.5 Å². The van der Waals surface area contributed by atoms with Crippen LogP contribution in [0.1, 0.15) is 39.2 Å². The molecule has 0 aliphatic rings. The smallest absolute Gasteiger partial charge is 0.138 e. The van der Waals surface area contributed by atoms with Crippen molar-refractivity contribution in [3.8, 4) is 5.75 Å². The molecule has 0 fully saturated rings. The van der Waals surface area contributed by atoms with Gasteiger partial charge < -0.3 is 15.2 Å². The number of halogens is 2. The molecule has 2 N–H and O–H groups in total. The zero-order chi connectivity index (χ0) is 19.9. The highest BCUT2D eigenvalue weighted by molar-refractivity contribution is 6.35. The van der Waals surface area contributed by atoms with Crippen LogP contribution in [0.25, 0.3) is 0 Å². The molecule has 0 spiro atoms. The number of nitrogens with two attached hydrogens (primary N) is 1. The molecule has 27 heavy (non-hydrogen) atoms. The van der Waals surface area contributed by atoms with Crippen molar-refractivity contribution in [3.05, 3.63) is 64.1 Å². The lowest BCUT2D eigenvalue weighted by Crippen LogP contribution is -2.32. The van der Waals surface area contributed by atoms with Crippen LogP contribution in [-0.2, 0) is 11.2 Å². The third-order valence-corrected chi connectivity index (χ3v) is 4.62. The Hall–Kier alpha value is -1.26. The first-order valence-corrected chi connectivity index (χ1v) is 10.0. The van der Waals surface area contributed by atoms with Gasteiger partial charge in [0.15, 0.2) is 0 Å². The molecule has 148 valence electrons. The third-order valence-electron chi connectivity index (χ3n) is 4.09. The summed E-state index contributed by atoms with van der Waals surface area (Å²) in [6.07, 6.45) is 2.32. The second kappa shape index (κ2) is 10.3. The van der Waals surface area contributed by atoms with Gasteiger partial charge in [-0.25, -0.2) is 0 Å². The van der Waals surface area contributed by atoms with Crippen LogP contribution in [0, 0.1) is 0 Å². The lowest BCUT2D eigenvalue weighted by Gasteiger charge is -2.26. The number of hydrogen-bond donors (Lipinski definition) is 1. The average molecular weight is 410 g/mol. The molecule has 0 amide bonds. The Kier molecular flexibility index (Phi) is 8.43. The third kappa shape index (κ3) is 8.52. The summed E-state index contributed by atoms with van der Waals surface area (Å²) < 4.78 is 12.1. The summed E-state index contributed by atoms with van der Waals surface area (Å²) in [6.45, 7) is 6.56. The minimum Gasteiger partial charge on any atom is -0.486 e. The van der Waals surface area contributed by atoms with Gasteiger partial charge in [0.25, 0.3) is 0 Å². The lowest BCUT2D eigenvalue weighted by molar-refractivity contribution is -0.0441. The monoisotopic (exact) mass is 409 g/mol. The van der Waals surface area contributed by atoms with Crippen molar-refractivity contribution >= 4 is 23.2 Å². The lowest BCUT2D eigenvalue weighted by atomic mass is 10.0. The van der Waals surface area contributed by atoms with Crippen LogP contribution >= 0.6 is 23.2 Å². The maximum Gasteiger partial charge on any atom is 0.138 e. The first-order valence-electron chi connectivity index (χ1n) is 9.28. The Balaban J connectivity index is 1.96. The van der Waals surface area contributed by atoms with E-state index in [0.717, 1.165) is 19.3 Å². The Morgan fingerprint density at radius 3 is 2.33 bits per heavy atom. The molecule has 0 bridgehead atoms. The van der Waals surface area contributed by atoms with E-state index in [2.05, 4.69) is 12.1 Å². The average Bonchev–Trinajstić information content (AvgIpc) is 2.59. The van der Waals surface area contributed by atoms with E-state index in [0.29, 0.717) is 22.4 Å². The quantitative estimate of drug-likeness (QED) is 0.559. The fourth-order valence-electron chi connectivity index (χ4n) is 2.69. The summed E-state index contributed by atoms with van der Waals surface area (Å²) in [6, 6.07) is 15.6. The minimum atomic E-state index is -0.239. The summed E-state index contributed by atoms with van der Waals surface area (Å²) in [5.41, 5.74) is 7.35. The van der Waals surface area contributed by atoms with Gasteiger partial charge in [0.2, 0.25) is 0 Å². The molecule has 2 rings (SSSR count). The van der Waals surface area contributed by atoms with Crippen molar-refractivity contribution in [2.45, 2.75) is 57.8 Å². The van der Waals surface area contributed by atoms with Gasteiger partial charge in [0, 0.05) is 11.1 Å². The molecule has 2 unspecified atom stereocenters. The normalized spacial score (nSPS) is 14.0. The first-order chi connectivity index (χ1) is 12.7. The van der Waals surface area contributed by atoms with Crippen LogP contribution in [0.3, 0.4) is 0 Å². The van der Waals surface area contributed by atoms with Crippen LogP contribution in [0.5, 0.6) is 5.75 Å². The molecule has 0 radical (unpaired) electrons. The highest BCUT2D eigenvalue weighted by atomic mass is 35.5. The van der Waals surface area contributed by atoms with Crippen LogP contribution in [0.2, 0.25) is 10.0 Å². The zero-order valence-corrected chi connectivity index (χ0v) is 17.8. The molecule has 2 aromatic carbocycles. The summed E-state index contributed by atoms with van der Waals surface area (Å²) in [5.74, 6) is 0.611. The van der Waals surface area contributed by atoms with Crippen molar-refractivity contribution in [3.63, 3.8) is 0 Å². The molecule has 0 aliphatic carbocycles. The number of ether oxygens (including phenoxy) is 2. The molecule has 3 nitrogen and oxygen atoms in total. The van der Waals surface area contributed by atoms with Crippen LogP contribution in [0.4, 0.5) is 0 Å². The molecule has 0 aromatic heterocycles. The van der Waals surface area contributed by atoms with Gasteiger partial charge >= 0.3 is 0 Å². The van der Waals surface area contributed by atoms with Crippen molar-refractivity contribution in [2.24, 2.45) is 5.73 Å². The van der Waals surface area contributed by atoms with Crippen molar-refractivity contribution in [2.75, 3.05) is 6.61 Å². The van der Waals surface area contributed by atoms with Crippen molar-refractivity contribution in [1.82, 2.24) is 0 Å².